The van der Waals surface area contributed by atoms with E-state index in [4.69, 9.17) is 11.0 Å². The second kappa shape index (κ2) is 6.76. The molecule has 4 nitrogen and oxygen atoms in total. The molecule has 0 fully saturated rings. The van der Waals surface area contributed by atoms with Crippen LogP contribution in [0.3, 0.4) is 0 Å². The van der Waals surface area contributed by atoms with E-state index < -0.39 is 0 Å². The fraction of sp³-hybridized carbons (Fsp3) is 0. The SMILES string of the molecule is N#CC(=CNc1ccccc1)C(N)=Nc1ccccc1. The number of aliphatic imine (C=N–C) groups is 1. The van der Waals surface area contributed by atoms with Gasteiger partial charge in [-0.25, -0.2) is 4.99 Å². The van der Waals surface area contributed by atoms with Crippen molar-refractivity contribution in [2.75, 3.05) is 5.32 Å². The molecule has 0 saturated carbocycles. The summed E-state index contributed by atoms with van der Waals surface area (Å²) in [7, 11) is 0. The summed E-state index contributed by atoms with van der Waals surface area (Å²) in [5.74, 6) is 0.183. The average molecular weight is 262 g/mol. The molecular weight excluding hydrogens is 248 g/mol. The molecule has 3 N–H and O–H groups in total. The highest BCUT2D eigenvalue weighted by atomic mass is 14.9. The summed E-state index contributed by atoms with van der Waals surface area (Å²) in [5, 5.41) is 12.2. The lowest BCUT2D eigenvalue weighted by Crippen LogP contribution is -2.14. The standard InChI is InChI=1S/C16H14N4/c17-11-13(12-19-14-7-3-1-4-8-14)16(18)20-15-9-5-2-6-10-15/h1-10,12,19H,(H2,18,20). The van der Waals surface area contributed by atoms with Gasteiger partial charge in [-0.3, -0.25) is 0 Å². The third-order valence-electron chi connectivity index (χ3n) is 2.56. The highest BCUT2D eigenvalue weighted by molar-refractivity contribution is 6.02. The summed E-state index contributed by atoms with van der Waals surface area (Å²) < 4.78 is 0. The van der Waals surface area contributed by atoms with Crippen LogP contribution in [0.2, 0.25) is 0 Å². The summed E-state index contributed by atoms with van der Waals surface area (Å²) in [6.45, 7) is 0. The number of hydrogen-bond donors (Lipinski definition) is 2. The van der Waals surface area contributed by atoms with E-state index >= 15 is 0 Å². The zero-order valence-electron chi connectivity index (χ0n) is 10.8. The number of anilines is 1. The summed E-state index contributed by atoms with van der Waals surface area (Å²) in [6.07, 6.45) is 1.55. The molecule has 0 saturated heterocycles. The molecule has 0 bridgehead atoms. The summed E-state index contributed by atoms with van der Waals surface area (Å²) in [4.78, 5) is 4.21. The van der Waals surface area contributed by atoms with Gasteiger partial charge in [0.25, 0.3) is 0 Å². The monoisotopic (exact) mass is 262 g/mol. The van der Waals surface area contributed by atoms with Gasteiger partial charge in [-0.2, -0.15) is 5.26 Å². The van der Waals surface area contributed by atoms with Gasteiger partial charge >= 0.3 is 0 Å². The van der Waals surface area contributed by atoms with Crippen LogP contribution in [-0.4, -0.2) is 5.84 Å². The molecule has 0 aromatic heterocycles. The first-order valence-electron chi connectivity index (χ1n) is 6.11. The molecule has 0 spiro atoms. The zero-order chi connectivity index (χ0) is 14.2. The van der Waals surface area contributed by atoms with Crippen molar-refractivity contribution in [2.45, 2.75) is 0 Å². The summed E-state index contributed by atoms with van der Waals surface area (Å²) >= 11 is 0. The number of nitrogens with zero attached hydrogens (tertiary/aromatic N) is 2. The van der Waals surface area contributed by atoms with Gasteiger partial charge in [0.05, 0.1) is 5.69 Å². The molecule has 2 rings (SSSR count). The fourth-order valence-corrected chi connectivity index (χ4v) is 1.56. The summed E-state index contributed by atoms with van der Waals surface area (Å²) in [5.41, 5.74) is 7.73. The van der Waals surface area contributed by atoms with Gasteiger partial charge in [-0.05, 0) is 24.3 Å². The van der Waals surface area contributed by atoms with Gasteiger partial charge in [-0.15, -0.1) is 0 Å². The predicted molar refractivity (Wildman–Crippen MR) is 81.5 cm³/mol. The third kappa shape index (κ3) is 3.72. The van der Waals surface area contributed by atoms with Crippen molar-refractivity contribution in [3.8, 4) is 6.07 Å². The molecule has 0 atom stereocenters. The van der Waals surface area contributed by atoms with E-state index in [0.29, 0.717) is 5.69 Å². The number of amidine groups is 1. The number of benzene rings is 2. The fourth-order valence-electron chi connectivity index (χ4n) is 1.56. The maximum atomic E-state index is 9.13. The smallest absolute Gasteiger partial charge is 0.143 e. The van der Waals surface area contributed by atoms with Crippen LogP contribution in [0.1, 0.15) is 0 Å². The Labute approximate surface area is 117 Å². The van der Waals surface area contributed by atoms with Crippen molar-refractivity contribution < 1.29 is 0 Å². The molecule has 4 heteroatoms. The highest BCUT2D eigenvalue weighted by Gasteiger charge is 2.01. The van der Waals surface area contributed by atoms with Crippen LogP contribution < -0.4 is 11.1 Å². The first kappa shape index (κ1) is 13.4. The van der Waals surface area contributed by atoms with Crippen molar-refractivity contribution in [2.24, 2.45) is 10.7 Å². The number of nitrogens with one attached hydrogen (secondary N) is 1. The minimum Gasteiger partial charge on any atom is -0.383 e. The number of rotatable bonds is 4. The molecular formula is C16H14N4. The third-order valence-corrected chi connectivity index (χ3v) is 2.56. The van der Waals surface area contributed by atoms with E-state index in [1.807, 2.05) is 66.7 Å². The maximum Gasteiger partial charge on any atom is 0.143 e. The maximum absolute atomic E-state index is 9.13. The van der Waals surface area contributed by atoms with Gasteiger partial charge in [0, 0.05) is 11.9 Å². The molecule has 98 valence electrons. The van der Waals surface area contributed by atoms with Crippen molar-refractivity contribution in [1.82, 2.24) is 0 Å². The molecule has 20 heavy (non-hydrogen) atoms. The zero-order valence-corrected chi connectivity index (χ0v) is 10.8. The van der Waals surface area contributed by atoms with Crippen molar-refractivity contribution in [3.05, 3.63) is 72.4 Å². The van der Waals surface area contributed by atoms with E-state index in [-0.39, 0.29) is 11.4 Å². The Morgan fingerprint density at radius 3 is 2.25 bits per heavy atom. The quantitative estimate of drug-likeness (QED) is 0.505. The molecule has 0 radical (unpaired) electrons. The van der Waals surface area contributed by atoms with Crippen LogP contribution in [0.25, 0.3) is 0 Å². The topological polar surface area (TPSA) is 74.2 Å². The molecule has 0 heterocycles. The molecule has 0 unspecified atom stereocenters. The summed E-state index contributed by atoms with van der Waals surface area (Å²) in [6, 6.07) is 20.8. The number of nitriles is 1. The number of nitrogens with two attached hydrogens (primary N) is 1. The predicted octanol–water partition coefficient (Wildman–Crippen LogP) is 3.19. The molecule has 2 aromatic rings. The Morgan fingerprint density at radius 1 is 1.05 bits per heavy atom. The average Bonchev–Trinajstić information content (AvgIpc) is 2.50. The Kier molecular flexibility index (Phi) is 4.52. The Bertz CT molecular complexity index is 652. The van der Waals surface area contributed by atoms with Crippen LogP contribution in [0.5, 0.6) is 0 Å². The van der Waals surface area contributed by atoms with E-state index in [1.165, 1.54) is 0 Å². The first-order chi connectivity index (χ1) is 9.79. The van der Waals surface area contributed by atoms with Crippen LogP contribution in [0.4, 0.5) is 11.4 Å². The van der Waals surface area contributed by atoms with E-state index in [0.717, 1.165) is 5.69 Å². The van der Waals surface area contributed by atoms with Gasteiger partial charge in [0.1, 0.15) is 17.5 Å². The molecule has 0 aliphatic rings. The molecule has 0 amide bonds. The minimum atomic E-state index is 0.183. The molecule has 2 aromatic carbocycles. The van der Waals surface area contributed by atoms with Crippen LogP contribution in [0, 0.1) is 11.3 Å². The lowest BCUT2D eigenvalue weighted by atomic mass is 10.2. The highest BCUT2D eigenvalue weighted by Crippen LogP contribution is 2.11. The molecule has 0 aliphatic heterocycles. The van der Waals surface area contributed by atoms with Gasteiger partial charge in [-0.1, -0.05) is 36.4 Å². The molecule has 0 aliphatic carbocycles. The van der Waals surface area contributed by atoms with E-state index in [1.54, 1.807) is 6.20 Å². The number of hydrogen-bond acceptors (Lipinski definition) is 3. The Hall–Kier alpha value is -3.06. The number of para-hydroxylation sites is 2. The van der Waals surface area contributed by atoms with Crippen LogP contribution in [-0.2, 0) is 0 Å². The van der Waals surface area contributed by atoms with Crippen LogP contribution >= 0.6 is 0 Å². The largest absolute Gasteiger partial charge is 0.383 e. The Balaban J connectivity index is 2.16. The first-order valence-corrected chi connectivity index (χ1v) is 6.11. The van der Waals surface area contributed by atoms with Crippen molar-refractivity contribution >= 4 is 17.2 Å². The van der Waals surface area contributed by atoms with Crippen molar-refractivity contribution in [1.29, 1.82) is 5.26 Å². The second-order valence-electron chi connectivity index (χ2n) is 4.01. The van der Waals surface area contributed by atoms with E-state index in [2.05, 4.69) is 10.3 Å². The minimum absolute atomic E-state index is 0.183. The lowest BCUT2D eigenvalue weighted by molar-refractivity contribution is 1.43. The van der Waals surface area contributed by atoms with Crippen LogP contribution in [0.15, 0.2) is 77.4 Å². The van der Waals surface area contributed by atoms with Crippen molar-refractivity contribution in [3.63, 3.8) is 0 Å². The normalized spacial score (nSPS) is 11.8. The second-order valence-corrected chi connectivity index (χ2v) is 4.01. The lowest BCUT2D eigenvalue weighted by Gasteiger charge is -2.02. The van der Waals surface area contributed by atoms with Gasteiger partial charge in [0.2, 0.25) is 0 Å². The Morgan fingerprint density at radius 2 is 1.65 bits per heavy atom. The van der Waals surface area contributed by atoms with Gasteiger partial charge < -0.3 is 11.1 Å². The van der Waals surface area contributed by atoms with E-state index in [9.17, 15) is 0 Å². The van der Waals surface area contributed by atoms with Gasteiger partial charge in [0.15, 0.2) is 0 Å².